The number of amides is 1. The minimum atomic E-state index is -0.0505. The molecule has 8 nitrogen and oxygen atoms in total. The maximum absolute atomic E-state index is 12.5. The third kappa shape index (κ3) is 5.37. The molecule has 166 valence electrons. The van der Waals surface area contributed by atoms with Crippen molar-refractivity contribution in [2.75, 3.05) is 51.2 Å². The van der Waals surface area contributed by atoms with Crippen LogP contribution in [0.5, 0.6) is 0 Å². The molecule has 2 saturated heterocycles. The van der Waals surface area contributed by atoms with Gasteiger partial charge in [-0.3, -0.25) is 9.79 Å². The van der Waals surface area contributed by atoms with E-state index in [4.69, 9.17) is 4.42 Å². The topological polar surface area (TPSA) is 77.2 Å². The van der Waals surface area contributed by atoms with E-state index < -0.39 is 0 Å². The number of nitrogens with zero attached hydrogens (tertiary/aromatic N) is 5. The molecule has 0 unspecified atom stereocenters. The molecule has 8 heteroatoms. The van der Waals surface area contributed by atoms with E-state index >= 15 is 0 Å². The summed E-state index contributed by atoms with van der Waals surface area (Å²) in [6, 6.07) is 7.70. The van der Waals surface area contributed by atoms with Crippen LogP contribution in [-0.4, -0.2) is 73.0 Å². The molecular weight excluding hydrogens is 392 g/mol. The van der Waals surface area contributed by atoms with Gasteiger partial charge in [-0.15, -0.1) is 0 Å². The van der Waals surface area contributed by atoms with Crippen LogP contribution in [0, 0.1) is 0 Å². The first kappa shape index (κ1) is 21.2. The molecule has 0 spiro atoms. The molecule has 0 radical (unpaired) electrons. The Bertz CT molecular complexity index is 866. The van der Waals surface area contributed by atoms with Gasteiger partial charge in [0, 0.05) is 59.1 Å². The maximum Gasteiger partial charge on any atom is 0.289 e. The van der Waals surface area contributed by atoms with Crippen molar-refractivity contribution in [2.45, 2.75) is 32.2 Å². The predicted molar refractivity (Wildman–Crippen MR) is 121 cm³/mol. The summed E-state index contributed by atoms with van der Waals surface area (Å²) in [5.74, 6) is 2.28. The normalized spacial score (nSPS) is 18.1. The molecule has 2 aliphatic rings. The fourth-order valence-corrected chi connectivity index (χ4v) is 4.23. The van der Waals surface area contributed by atoms with Crippen LogP contribution in [0.25, 0.3) is 0 Å². The van der Waals surface area contributed by atoms with Gasteiger partial charge in [0.05, 0.1) is 6.26 Å². The lowest BCUT2D eigenvalue weighted by molar-refractivity contribution is 0.0657. The van der Waals surface area contributed by atoms with Gasteiger partial charge in [0.25, 0.3) is 5.91 Å². The molecule has 2 aromatic rings. The molecule has 4 heterocycles. The standard InChI is InChI=1S/C23H32N6O2/c1-24-23(29-14-12-28(13-15-29)22(30)20-7-6-16-31-20)26-18-19-8-9-25-21(17-19)27-10-4-2-3-5-11-27/h6-9,16-17H,2-5,10-15,18H2,1H3,(H,24,26). The lowest BCUT2D eigenvalue weighted by Gasteiger charge is -2.36. The van der Waals surface area contributed by atoms with E-state index in [-0.39, 0.29) is 5.91 Å². The quantitative estimate of drug-likeness (QED) is 0.601. The minimum absolute atomic E-state index is 0.0505. The van der Waals surface area contributed by atoms with Crippen LogP contribution in [0.4, 0.5) is 5.82 Å². The van der Waals surface area contributed by atoms with E-state index in [2.05, 4.69) is 37.2 Å². The fraction of sp³-hybridized carbons (Fsp3) is 0.522. The number of aromatic nitrogens is 1. The number of rotatable bonds is 4. The number of nitrogens with one attached hydrogen (secondary N) is 1. The zero-order valence-corrected chi connectivity index (χ0v) is 18.3. The summed E-state index contributed by atoms with van der Waals surface area (Å²) in [5.41, 5.74) is 1.20. The SMILES string of the molecule is CN=C(NCc1ccnc(N2CCCCCC2)c1)N1CCN(C(=O)c2ccco2)CC1. The van der Waals surface area contributed by atoms with Gasteiger partial charge in [0.1, 0.15) is 5.82 Å². The van der Waals surface area contributed by atoms with E-state index in [1.807, 2.05) is 11.1 Å². The number of hydrogen-bond donors (Lipinski definition) is 1. The Hall–Kier alpha value is -3.03. The summed E-state index contributed by atoms with van der Waals surface area (Å²) >= 11 is 0. The average molecular weight is 425 g/mol. The van der Waals surface area contributed by atoms with Crippen molar-refractivity contribution in [3.8, 4) is 0 Å². The first-order chi connectivity index (χ1) is 15.2. The molecule has 0 aromatic carbocycles. The molecule has 1 amide bonds. The Morgan fingerprint density at radius 3 is 2.48 bits per heavy atom. The zero-order valence-electron chi connectivity index (χ0n) is 18.3. The summed E-state index contributed by atoms with van der Waals surface area (Å²) in [6.07, 6.45) is 8.55. The number of piperazine rings is 1. The number of furan rings is 1. The fourth-order valence-electron chi connectivity index (χ4n) is 4.23. The summed E-state index contributed by atoms with van der Waals surface area (Å²) in [6.45, 7) is 5.65. The summed E-state index contributed by atoms with van der Waals surface area (Å²) in [4.78, 5) is 27.9. The average Bonchev–Trinajstić information content (AvgIpc) is 3.22. The van der Waals surface area contributed by atoms with Gasteiger partial charge in [0.15, 0.2) is 11.7 Å². The summed E-state index contributed by atoms with van der Waals surface area (Å²) in [5, 5.41) is 3.48. The van der Waals surface area contributed by atoms with E-state index in [1.165, 1.54) is 37.5 Å². The highest BCUT2D eigenvalue weighted by Gasteiger charge is 2.25. The van der Waals surface area contributed by atoms with Crippen LogP contribution < -0.4 is 10.2 Å². The molecule has 2 aromatic heterocycles. The summed E-state index contributed by atoms with van der Waals surface area (Å²) in [7, 11) is 1.80. The van der Waals surface area contributed by atoms with Gasteiger partial charge >= 0.3 is 0 Å². The van der Waals surface area contributed by atoms with Crippen LogP contribution in [0.3, 0.4) is 0 Å². The van der Waals surface area contributed by atoms with Crippen LogP contribution >= 0.6 is 0 Å². The minimum Gasteiger partial charge on any atom is -0.459 e. The van der Waals surface area contributed by atoms with Crippen molar-refractivity contribution in [2.24, 2.45) is 4.99 Å². The molecule has 0 saturated carbocycles. The maximum atomic E-state index is 12.5. The molecule has 0 bridgehead atoms. The van der Waals surface area contributed by atoms with Crippen molar-refractivity contribution < 1.29 is 9.21 Å². The molecule has 0 atom stereocenters. The van der Waals surface area contributed by atoms with Gasteiger partial charge < -0.3 is 24.4 Å². The van der Waals surface area contributed by atoms with E-state index in [0.717, 1.165) is 38.0 Å². The largest absolute Gasteiger partial charge is 0.459 e. The highest BCUT2D eigenvalue weighted by Crippen LogP contribution is 2.18. The second-order valence-electron chi connectivity index (χ2n) is 8.08. The van der Waals surface area contributed by atoms with Crippen LogP contribution in [0.15, 0.2) is 46.1 Å². The van der Waals surface area contributed by atoms with Crippen molar-refractivity contribution in [3.05, 3.63) is 48.0 Å². The Balaban J connectivity index is 1.30. The third-order valence-corrected chi connectivity index (χ3v) is 6.00. The second kappa shape index (κ2) is 10.3. The van der Waals surface area contributed by atoms with Gasteiger partial charge in [-0.25, -0.2) is 4.98 Å². The number of anilines is 1. The Morgan fingerprint density at radius 1 is 1.06 bits per heavy atom. The zero-order chi connectivity index (χ0) is 21.5. The Labute approximate surface area is 183 Å². The van der Waals surface area contributed by atoms with Gasteiger partial charge in [-0.05, 0) is 42.7 Å². The van der Waals surface area contributed by atoms with Crippen molar-refractivity contribution in [3.63, 3.8) is 0 Å². The molecule has 2 aliphatic heterocycles. The molecule has 2 fully saturated rings. The molecule has 1 N–H and O–H groups in total. The monoisotopic (exact) mass is 424 g/mol. The number of pyridine rings is 1. The first-order valence-electron chi connectivity index (χ1n) is 11.2. The predicted octanol–water partition coefficient (Wildman–Crippen LogP) is 2.59. The summed E-state index contributed by atoms with van der Waals surface area (Å²) < 4.78 is 5.24. The highest BCUT2D eigenvalue weighted by atomic mass is 16.3. The highest BCUT2D eigenvalue weighted by molar-refractivity contribution is 5.91. The van der Waals surface area contributed by atoms with Crippen LogP contribution in [0.1, 0.15) is 41.8 Å². The lowest BCUT2D eigenvalue weighted by atomic mass is 10.2. The van der Waals surface area contributed by atoms with E-state index in [1.54, 1.807) is 19.2 Å². The number of carbonyl (C=O) groups is 1. The van der Waals surface area contributed by atoms with Crippen molar-refractivity contribution in [1.82, 2.24) is 20.1 Å². The van der Waals surface area contributed by atoms with Crippen LogP contribution in [0.2, 0.25) is 0 Å². The number of carbonyl (C=O) groups excluding carboxylic acids is 1. The smallest absolute Gasteiger partial charge is 0.289 e. The van der Waals surface area contributed by atoms with E-state index in [0.29, 0.717) is 25.4 Å². The Kier molecular flexibility index (Phi) is 7.07. The molecule has 0 aliphatic carbocycles. The van der Waals surface area contributed by atoms with Crippen molar-refractivity contribution >= 4 is 17.7 Å². The van der Waals surface area contributed by atoms with Gasteiger partial charge in [0.2, 0.25) is 0 Å². The molecule has 31 heavy (non-hydrogen) atoms. The molecular formula is C23H32N6O2. The Morgan fingerprint density at radius 2 is 1.81 bits per heavy atom. The number of guanidine groups is 1. The van der Waals surface area contributed by atoms with Crippen molar-refractivity contribution in [1.29, 1.82) is 0 Å². The lowest BCUT2D eigenvalue weighted by Crippen LogP contribution is -2.53. The number of aliphatic imine (C=N–C) groups is 1. The van der Waals surface area contributed by atoms with Gasteiger partial charge in [-0.2, -0.15) is 0 Å². The third-order valence-electron chi connectivity index (χ3n) is 6.00. The van der Waals surface area contributed by atoms with Gasteiger partial charge in [-0.1, -0.05) is 12.8 Å². The van der Waals surface area contributed by atoms with Crippen LogP contribution in [-0.2, 0) is 6.54 Å². The second-order valence-corrected chi connectivity index (χ2v) is 8.08. The first-order valence-corrected chi connectivity index (χ1v) is 11.2. The number of hydrogen-bond acceptors (Lipinski definition) is 5. The molecule has 4 rings (SSSR count). The van der Waals surface area contributed by atoms with E-state index in [9.17, 15) is 4.79 Å².